The van der Waals surface area contributed by atoms with Gasteiger partial charge in [-0.2, -0.15) is 0 Å². The van der Waals surface area contributed by atoms with Gasteiger partial charge in [-0.05, 0) is 25.0 Å². The van der Waals surface area contributed by atoms with Crippen molar-refractivity contribution in [3.63, 3.8) is 0 Å². The lowest BCUT2D eigenvalue weighted by molar-refractivity contribution is -0.130. The molecule has 0 saturated carbocycles. The highest BCUT2D eigenvalue weighted by Crippen LogP contribution is 2.02. The Balaban J connectivity index is 2.48. The van der Waals surface area contributed by atoms with Gasteiger partial charge in [0.25, 0.3) is 0 Å². The van der Waals surface area contributed by atoms with E-state index in [-0.39, 0.29) is 5.91 Å². The molecule has 1 aromatic rings. The van der Waals surface area contributed by atoms with Crippen molar-refractivity contribution in [1.82, 2.24) is 9.88 Å². The second-order valence-electron chi connectivity index (χ2n) is 3.75. The minimum Gasteiger partial charge on any atom is -0.365 e. The zero-order valence-corrected chi connectivity index (χ0v) is 9.62. The Morgan fingerprint density at radius 3 is 2.47 bits per heavy atom. The third-order valence-electron chi connectivity index (χ3n) is 2.34. The van der Waals surface area contributed by atoms with Gasteiger partial charge in [-0.1, -0.05) is 13.8 Å². The number of amides is 1. The fourth-order valence-corrected chi connectivity index (χ4v) is 1.65. The van der Waals surface area contributed by atoms with E-state index in [1.165, 1.54) is 0 Å². The molecule has 1 aromatic heterocycles. The van der Waals surface area contributed by atoms with E-state index in [4.69, 9.17) is 0 Å². The Labute approximate surface area is 91.5 Å². The third-order valence-corrected chi connectivity index (χ3v) is 2.34. The van der Waals surface area contributed by atoms with E-state index in [0.29, 0.717) is 6.42 Å². The first kappa shape index (κ1) is 11.8. The van der Waals surface area contributed by atoms with Crippen LogP contribution in [0.25, 0.3) is 0 Å². The van der Waals surface area contributed by atoms with Crippen LogP contribution in [0.5, 0.6) is 0 Å². The van der Waals surface area contributed by atoms with Gasteiger partial charge in [-0.15, -0.1) is 0 Å². The van der Waals surface area contributed by atoms with Crippen molar-refractivity contribution in [2.45, 2.75) is 33.1 Å². The van der Waals surface area contributed by atoms with E-state index in [1.807, 2.05) is 23.2 Å². The lowest BCUT2D eigenvalue weighted by Gasteiger charge is -2.21. The van der Waals surface area contributed by atoms with E-state index < -0.39 is 0 Å². The van der Waals surface area contributed by atoms with Gasteiger partial charge >= 0.3 is 0 Å². The molecule has 0 fully saturated rings. The monoisotopic (exact) mass is 208 g/mol. The molecular formula is C12H20N2O. The highest BCUT2D eigenvalue weighted by Gasteiger charge is 2.12. The first-order valence-electron chi connectivity index (χ1n) is 5.68. The minimum absolute atomic E-state index is 0.223. The molecule has 0 saturated heterocycles. The predicted molar refractivity (Wildman–Crippen MR) is 61.7 cm³/mol. The SMILES string of the molecule is CCCN(CCC)C(=O)Cc1ccc[nH]1. The summed E-state index contributed by atoms with van der Waals surface area (Å²) in [6.45, 7) is 5.94. The fraction of sp³-hybridized carbons (Fsp3) is 0.583. The van der Waals surface area contributed by atoms with E-state index >= 15 is 0 Å². The molecule has 1 N–H and O–H groups in total. The first-order valence-corrected chi connectivity index (χ1v) is 5.68. The van der Waals surface area contributed by atoms with Gasteiger partial charge in [0.05, 0.1) is 6.42 Å². The lowest BCUT2D eigenvalue weighted by atomic mass is 10.2. The summed E-state index contributed by atoms with van der Waals surface area (Å²) < 4.78 is 0. The zero-order chi connectivity index (χ0) is 11.1. The summed E-state index contributed by atoms with van der Waals surface area (Å²) in [6.07, 6.45) is 4.40. The van der Waals surface area contributed by atoms with Crippen molar-refractivity contribution in [1.29, 1.82) is 0 Å². The summed E-state index contributed by atoms with van der Waals surface area (Å²) in [6, 6.07) is 3.88. The predicted octanol–water partition coefficient (Wildman–Crippen LogP) is 2.21. The Bertz CT molecular complexity index is 274. The highest BCUT2D eigenvalue weighted by molar-refractivity contribution is 5.78. The molecule has 0 spiro atoms. The normalized spacial score (nSPS) is 10.3. The van der Waals surface area contributed by atoms with Crippen molar-refractivity contribution in [3.8, 4) is 0 Å². The van der Waals surface area contributed by atoms with Crippen LogP contribution in [0.3, 0.4) is 0 Å². The number of hydrogen-bond acceptors (Lipinski definition) is 1. The van der Waals surface area contributed by atoms with Crippen LogP contribution < -0.4 is 0 Å². The van der Waals surface area contributed by atoms with Crippen molar-refractivity contribution in [2.24, 2.45) is 0 Å². The van der Waals surface area contributed by atoms with Crippen LogP contribution in [0.15, 0.2) is 18.3 Å². The van der Waals surface area contributed by atoms with Gasteiger partial charge in [-0.25, -0.2) is 0 Å². The van der Waals surface area contributed by atoms with Crippen LogP contribution in [0.2, 0.25) is 0 Å². The number of H-pyrrole nitrogens is 1. The number of carbonyl (C=O) groups is 1. The average Bonchev–Trinajstić information content (AvgIpc) is 2.70. The summed E-state index contributed by atoms with van der Waals surface area (Å²) in [5.74, 6) is 0.223. The Kier molecular flexibility index (Phi) is 4.95. The van der Waals surface area contributed by atoms with Crippen LogP contribution >= 0.6 is 0 Å². The van der Waals surface area contributed by atoms with E-state index in [9.17, 15) is 4.79 Å². The molecule has 3 heteroatoms. The maximum atomic E-state index is 11.9. The van der Waals surface area contributed by atoms with Crippen molar-refractivity contribution in [2.75, 3.05) is 13.1 Å². The summed E-state index contributed by atoms with van der Waals surface area (Å²) in [5.41, 5.74) is 0.997. The summed E-state index contributed by atoms with van der Waals surface area (Å²) in [4.78, 5) is 16.9. The molecule has 1 heterocycles. The van der Waals surface area contributed by atoms with E-state index in [0.717, 1.165) is 31.6 Å². The number of nitrogens with one attached hydrogen (secondary N) is 1. The number of aromatic nitrogens is 1. The van der Waals surface area contributed by atoms with Crippen LogP contribution in [-0.2, 0) is 11.2 Å². The summed E-state index contributed by atoms with van der Waals surface area (Å²) >= 11 is 0. The third kappa shape index (κ3) is 3.78. The number of carbonyl (C=O) groups excluding carboxylic acids is 1. The second-order valence-corrected chi connectivity index (χ2v) is 3.75. The number of hydrogen-bond donors (Lipinski definition) is 1. The molecule has 0 aliphatic heterocycles. The average molecular weight is 208 g/mol. The van der Waals surface area contributed by atoms with E-state index in [1.54, 1.807) is 0 Å². The van der Waals surface area contributed by atoms with Gasteiger partial charge in [0.15, 0.2) is 0 Å². The van der Waals surface area contributed by atoms with Gasteiger partial charge in [0.1, 0.15) is 0 Å². The zero-order valence-electron chi connectivity index (χ0n) is 9.62. The molecule has 0 bridgehead atoms. The maximum absolute atomic E-state index is 11.9. The van der Waals surface area contributed by atoms with Gasteiger partial charge in [-0.3, -0.25) is 4.79 Å². The largest absolute Gasteiger partial charge is 0.365 e. The van der Waals surface area contributed by atoms with E-state index in [2.05, 4.69) is 18.8 Å². The first-order chi connectivity index (χ1) is 7.27. The number of rotatable bonds is 6. The van der Waals surface area contributed by atoms with Crippen LogP contribution in [0.4, 0.5) is 0 Å². The minimum atomic E-state index is 0.223. The molecule has 0 aliphatic carbocycles. The molecule has 0 atom stereocenters. The second kappa shape index (κ2) is 6.27. The van der Waals surface area contributed by atoms with Crippen molar-refractivity contribution in [3.05, 3.63) is 24.0 Å². The molecule has 0 aromatic carbocycles. The van der Waals surface area contributed by atoms with Crippen LogP contribution in [0, 0.1) is 0 Å². The van der Waals surface area contributed by atoms with Crippen LogP contribution in [-0.4, -0.2) is 28.9 Å². The van der Waals surface area contributed by atoms with Gasteiger partial charge < -0.3 is 9.88 Å². The Morgan fingerprint density at radius 1 is 1.33 bits per heavy atom. The van der Waals surface area contributed by atoms with Crippen molar-refractivity contribution < 1.29 is 4.79 Å². The quantitative estimate of drug-likeness (QED) is 0.764. The Morgan fingerprint density at radius 2 is 2.00 bits per heavy atom. The summed E-state index contributed by atoms with van der Waals surface area (Å²) in [7, 11) is 0. The van der Waals surface area contributed by atoms with Gasteiger partial charge in [0, 0.05) is 25.0 Å². The molecule has 3 nitrogen and oxygen atoms in total. The molecule has 0 radical (unpaired) electrons. The smallest absolute Gasteiger partial charge is 0.228 e. The molecule has 15 heavy (non-hydrogen) atoms. The molecule has 84 valence electrons. The topological polar surface area (TPSA) is 36.1 Å². The van der Waals surface area contributed by atoms with Crippen molar-refractivity contribution >= 4 is 5.91 Å². The Hall–Kier alpha value is -1.25. The summed E-state index contributed by atoms with van der Waals surface area (Å²) in [5, 5.41) is 0. The number of aromatic amines is 1. The van der Waals surface area contributed by atoms with Crippen LogP contribution in [0.1, 0.15) is 32.4 Å². The lowest BCUT2D eigenvalue weighted by Crippen LogP contribution is -2.33. The fourth-order valence-electron chi connectivity index (χ4n) is 1.65. The maximum Gasteiger partial charge on any atom is 0.228 e. The molecule has 0 aliphatic rings. The molecule has 0 unspecified atom stereocenters. The standard InChI is InChI=1S/C12H20N2O/c1-3-8-14(9-4-2)12(15)10-11-6-5-7-13-11/h5-7,13H,3-4,8-10H2,1-2H3. The molecule has 1 amide bonds. The molecular weight excluding hydrogens is 188 g/mol. The number of nitrogens with zero attached hydrogens (tertiary/aromatic N) is 1. The molecule has 1 rings (SSSR count). The van der Waals surface area contributed by atoms with Gasteiger partial charge in [0.2, 0.25) is 5.91 Å². The highest BCUT2D eigenvalue weighted by atomic mass is 16.2.